The Morgan fingerprint density at radius 3 is 3.05 bits per heavy atom. The van der Waals surface area contributed by atoms with E-state index in [4.69, 9.17) is 16.3 Å². The van der Waals surface area contributed by atoms with Crippen LogP contribution in [0.3, 0.4) is 0 Å². The maximum absolute atomic E-state index is 13.4. The summed E-state index contributed by atoms with van der Waals surface area (Å²) >= 11 is 6.18. The second-order valence-electron chi connectivity index (χ2n) is 5.48. The molecule has 1 amide bonds. The van der Waals surface area contributed by atoms with Gasteiger partial charge in [-0.25, -0.2) is 4.39 Å². The summed E-state index contributed by atoms with van der Waals surface area (Å²) in [6, 6.07) is 2.65. The lowest BCUT2D eigenvalue weighted by molar-refractivity contribution is -0.147. The summed E-state index contributed by atoms with van der Waals surface area (Å²) in [5, 5.41) is 3.55. The summed E-state index contributed by atoms with van der Waals surface area (Å²) < 4.78 is 19.0. The van der Waals surface area contributed by atoms with Crippen LogP contribution in [0.1, 0.15) is 24.1 Å². The van der Waals surface area contributed by atoms with Crippen molar-refractivity contribution in [1.29, 1.82) is 0 Å². The minimum absolute atomic E-state index is 0.0271. The number of ether oxygens (including phenoxy) is 1. The number of hydrogen-bond donors (Lipinski definition) is 1. The third-order valence-corrected chi connectivity index (χ3v) is 4.49. The van der Waals surface area contributed by atoms with Crippen LogP contribution in [0.15, 0.2) is 12.1 Å². The highest BCUT2D eigenvalue weighted by atomic mass is 35.5. The molecule has 1 fully saturated rings. The summed E-state index contributed by atoms with van der Waals surface area (Å²) in [6.07, 6.45) is 0.172. The molecule has 1 aromatic rings. The Kier molecular flexibility index (Phi) is 4.15. The number of benzene rings is 1. The molecule has 3 rings (SSSR count). The number of morpholine rings is 1. The molecule has 2 aliphatic heterocycles. The van der Waals surface area contributed by atoms with Gasteiger partial charge >= 0.3 is 0 Å². The highest BCUT2D eigenvalue weighted by Gasteiger charge is 2.34. The largest absolute Gasteiger partial charge is 0.366 e. The molecule has 0 radical (unpaired) electrons. The third-order valence-electron chi connectivity index (χ3n) is 4.17. The number of rotatable bonds is 1. The molecule has 1 N–H and O–H groups in total. The molecule has 2 aliphatic rings. The number of halogens is 2. The molecule has 114 valence electrons. The van der Waals surface area contributed by atoms with E-state index in [0.717, 1.165) is 17.7 Å². The van der Waals surface area contributed by atoms with Crippen molar-refractivity contribution in [3.63, 3.8) is 0 Å². The first-order valence-corrected chi connectivity index (χ1v) is 7.56. The first-order chi connectivity index (χ1) is 10.1. The van der Waals surface area contributed by atoms with Crippen LogP contribution in [0.5, 0.6) is 0 Å². The third kappa shape index (κ3) is 2.78. The lowest BCUT2D eigenvalue weighted by atomic mass is 9.93. The minimum atomic E-state index is -0.443. The molecule has 2 heterocycles. The van der Waals surface area contributed by atoms with E-state index in [2.05, 4.69) is 5.32 Å². The van der Waals surface area contributed by atoms with Crippen molar-refractivity contribution in [3.05, 3.63) is 34.1 Å². The van der Waals surface area contributed by atoms with E-state index < -0.39 is 6.10 Å². The second kappa shape index (κ2) is 5.91. The molecular weight excluding hydrogens is 295 g/mol. The molecule has 21 heavy (non-hydrogen) atoms. The van der Waals surface area contributed by atoms with Crippen molar-refractivity contribution in [3.8, 4) is 0 Å². The fraction of sp³-hybridized carbons (Fsp3) is 0.533. The van der Waals surface area contributed by atoms with Gasteiger partial charge in [0.15, 0.2) is 0 Å². The zero-order valence-electron chi connectivity index (χ0n) is 11.9. The van der Waals surface area contributed by atoms with Crippen molar-refractivity contribution in [2.45, 2.75) is 25.5 Å². The molecule has 6 heteroatoms. The van der Waals surface area contributed by atoms with Gasteiger partial charge < -0.3 is 15.0 Å². The van der Waals surface area contributed by atoms with Gasteiger partial charge in [0.25, 0.3) is 5.91 Å². The molecule has 0 aliphatic carbocycles. The minimum Gasteiger partial charge on any atom is -0.366 e. The van der Waals surface area contributed by atoms with Gasteiger partial charge in [0.1, 0.15) is 11.9 Å². The Bertz CT molecular complexity index is 561. The van der Waals surface area contributed by atoms with Crippen LogP contribution in [-0.4, -0.2) is 43.2 Å². The Hall–Kier alpha value is -1.17. The van der Waals surface area contributed by atoms with Crippen LogP contribution in [-0.2, 0) is 16.0 Å². The van der Waals surface area contributed by atoms with E-state index in [9.17, 15) is 9.18 Å². The van der Waals surface area contributed by atoms with Crippen LogP contribution in [0.25, 0.3) is 0 Å². The van der Waals surface area contributed by atoms with Crippen LogP contribution in [0.2, 0.25) is 5.02 Å². The fourth-order valence-electron chi connectivity index (χ4n) is 3.11. The van der Waals surface area contributed by atoms with E-state index in [1.807, 2.05) is 6.92 Å². The number of nitrogens with zero attached hydrogens (tertiary/aromatic N) is 1. The SMILES string of the molecule is C[C@H]1c2c(Cl)cc(F)cc2CCN1C(=O)[C@H]1CNCCO1. The van der Waals surface area contributed by atoms with Gasteiger partial charge in [-0.3, -0.25) is 4.79 Å². The highest BCUT2D eigenvalue weighted by molar-refractivity contribution is 6.31. The topological polar surface area (TPSA) is 41.6 Å². The number of hydrogen-bond acceptors (Lipinski definition) is 3. The zero-order valence-corrected chi connectivity index (χ0v) is 12.6. The van der Waals surface area contributed by atoms with E-state index in [0.29, 0.717) is 31.1 Å². The number of carbonyl (C=O) groups is 1. The molecule has 0 aromatic heterocycles. The Balaban J connectivity index is 1.84. The summed E-state index contributed by atoms with van der Waals surface area (Å²) in [7, 11) is 0. The van der Waals surface area contributed by atoms with Gasteiger partial charge in [-0.2, -0.15) is 0 Å². The molecule has 2 atom stereocenters. The van der Waals surface area contributed by atoms with Crippen molar-refractivity contribution in [1.82, 2.24) is 10.2 Å². The van der Waals surface area contributed by atoms with Crippen LogP contribution >= 0.6 is 11.6 Å². The molecule has 1 saturated heterocycles. The van der Waals surface area contributed by atoms with Crippen LogP contribution < -0.4 is 5.32 Å². The lowest BCUT2D eigenvalue weighted by Crippen LogP contribution is -2.51. The highest BCUT2D eigenvalue weighted by Crippen LogP contribution is 2.35. The molecule has 4 nitrogen and oxygen atoms in total. The summed E-state index contributed by atoms with van der Waals surface area (Å²) in [5.41, 5.74) is 1.74. The first-order valence-electron chi connectivity index (χ1n) is 7.18. The smallest absolute Gasteiger partial charge is 0.253 e. The Morgan fingerprint density at radius 2 is 2.33 bits per heavy atom. The number of fused-ring (bicyclic) bond motifs is 1. The van der Waals surface area contributed by atoms with Crippen molar-refractivity contribution in [2.24, 2.45) is 0 Å². The molecule has 0 spiro atoms. The maximum Gasteiger partial charge on any atom is 0.253 e. The average molecular weight is 313 g/mol. The lowest BCUT2D eigenvalue weighted by Gasteiger charge is -2.38. The summed E-state index contributed by atoms with van der Waals surface area (Å²) in [5.74, 6) is -0.355. The second-order valence-corrected chi connectivity index (χ2v) is 5.89. The van der Waals surface area contributed by atoms with Gasteiger partial charge in [0.2, 0.25) is 0 Å². The van der Waals surface area contributed by atoms with Gasteiger partial charge in [-0.15, -0.1) is 0 Å². The number of amides is 1. The van der Waals surface area contributed by atoms with Crippen molar-refractivity contribution >= 4 is 17.5 Å². The van der Waals surface area contributed by atoms with Crippen molar-refractivity contribution in [2.75, 3.05) is 26.2 Å². The average Bonchev–Trinajstić information content (AvgIpc) is 2.47. The monoisotopic (exact) mass is 312 g/mol. The first kappa shape index (κ1) is 14.8. The number of nitrogens with one attached hydrogen (secondary N) is 1. The van der Waals surface area contributed by atoms with Crippen LogP contribution in [0.4, 0.5) is 4.39 Å². The zero-order chi connectivity index (χ0) is 15.0. The van der Waals surface area contributed by atoms with Gasteiger partial charge in [0.05, 0.1) is 12.6 Å². The molecular formula is C15H18ClFN2O2. The number of carbonyl (C=O) groups excluding carboxylic acids is 1. The Labute approximate surface area is 128 Å². The quantitative estimate of drug-likeness (QED) is 0.861. The predicted molar refractivity (Wildman–Crippen MR) is 77.9 cm³/mol. The predicted octanol–water partition coefficient (Wildman–Crippen LogP) is 1.91. The maximum atomic E-state index is 13.4. The normalized spacial score (nSPS) is 25.6. The van der Waals surface area contributed by atoms with E-state index in [1.165, 1.54) is 12.1 Å². The Morgan fingerprint density at radius 1 is 1.52 bits per heavy atom. The molecule has 0 bridgehead atoms. The van der Waals surface area contributed by atoms with E-state index in [1.54, 1.807) is 4.90 Å². The van der Waals surface area contributed by atoms with Crippen molar-refractivity contribution < 1.29 is 13.9 Å². The standard InChI is InChI=1S/C15H18ClFN2O2/c1-9-14-10(6-11(17)7-12(14)16)2-4-19(9)15(20)13-8-18-3-5-21-13/h6-7,9,13,18H,2-5,8H2,1H3/t9-,13+/m0/s1. The molecule has 0 saturated carbocycles. The van der Waals surface area contributed by atoms with Gasteiger partial charge in [0, 0.05) is 24.7 Å². The van der Waals surface area contributed by atoms with Crippen LogP contribution in [0, 0.1) is 5.82 Å². The summed E-state index contributed by atoms with van der Waals surface area (Å²) in [6.45, 7) is 4.34. The molecule has 0 unspecified atom stereocenters. The fourth-order valence-corrected chi connectivity index (χ4v) is 3.50. The van der Waals surface area contributed by atoms with Gasteiger partial charge in [-0.1, -0.05) is 11.6 Å². The van der Waals surface area contributed by atoms with E-state index in [-0.39, 0.29) is 17.8 Å². The van der Waals surface area contributed by atoms with Gasteiger partial charge in [-0.05, 0) is 36.6 Å². The molecule has 1 aromatic carbocycles. The summed E-state index contributed by atoms with van der Waals surface area (Å²) in [4.78, 5) is 14.4. The van der Waals surface area contributed by atoms with E-state index >= 15 is 0 Å².